The van der Waals surface area contributed by atoms with E-state index >= 15 is 0 Å². The smallest absolute Gasteiger partial charge is 0.126 e. The summed E-state index contributed by atoms with van der Waals surface area (Å²) >= 11 is 0. The fourth-order valence-corrected chi connectivity index (χ4v) is 2.70. The molecule has 1 aromatic carbocycles. The van der Waals surface area contributed by atoms with Gasteiger partial charge in [0.15, 0.2) is 0 Å². The molecule has 0 heterocycles. The predicted octanol–water partition coefficient (Wildman–Crippen LogP) is 5.21. The first kappa shape index (κ1) is 16.9. The van der Waals surface area contributed by atoms with E-state index in [4.69, 9.17) is 0 Å². The van der Waals surface area contributed by atoms with Gasteiger partial charge in [-0.15, -0.1) is 0 Å². The van der Waals surface area contributed by atoms with Gasteiger partial charge < -0.3 is 4.79 Å². The second kappa shape index (κ2) is 8.24. The molecule has 0 radical (unpaired) electrons. The Bertz CT molecular complexity index is 391. The van der Waals surface area contributed by atoms with E-state index in [0.717, 1.165) is 32.0 Å². The molecule has 0 aliphatic rings. The van der Waals surface area contributed by atoms with E-state index in [1.54, 1.807) is 0 Å². The van der Waals surface area contributed by atoms with Gasteiger partial charge in [-0.3, -0.25) is 0 Å². The summed E-state index contributed by atoms with van der Waals surface area (Å²) < 4.78 is 0. The minimum Gasteiger partial charge on any atom is -0.303 e. The average Bonchev–Trinajstić information content (AvgIpc) is 2.41. The maximum atomic E-state index is 11.4. The highest BCUT2D eigenvalue weighted by molar-refractivity contribution is 5.59. The van der Waals surface area contributed by atoms with Crippen LogP contribution in [0.1, 0.15) is 64.5 Å². The normalized spacial score (nSPS) is 14.2. The van der Waals surface area contributed by atoms with Gasteiger partial charge in [-0.2, -0.15) is 0 Å². The summed E-state index contributed by atoms with van der Waals surface area (Å²) in [6.45, 7) is 8.78. The Labute approximate surface area is 124 Å². The SMILES string of the molecule is CCCCCC(C)(C=O)Cc1ccc(CC(C)C)cc1. The lowest BCUT2D eigenvalue weighted by molar-refractivity contribution is -0.115. The lowest BCUT2D eigenvalue weighted by Crippen LogP contribution is -2.21. The molecule has 0 aliphatic carbocycles. The van der Waals surface area contributed by atoms with Crippen molar-refractivity contribution in [3.8, 4) is 0 Å². The van der Waals surface area contributed by atoms with E-state index in [2.05, 4.69) is 52.0 Å². The largest absolute Gasteiger partial charge is 0.303 e. The number of hydrogen-bond acceptors (Lipinski definition) is 1. The third-order valence-corrected chi connectivity index (χ3v) is 3.91. The zero-order valence-corrected chi connectivity index (χ0v) is 13.6. The van der Waals surface area contributed by atoms with Crippen LogP contribution in [0.4, 0.5) is 0 Å². The van der Waals surface area contributed by atoms with Crippen LogP contribution in [0.5, 0.6) is 0 Å². The van der Waals surface area contributed by atoms with E-state index < -0.39 is 0 Å². The zero-order chi connectivity index (χ0) is 15.0. The molecule has 0 saturated carbocycles. The maximum Gasteiger partial charge on any atom is 0.126 e. The summed E-state index contributed by atoms with van der Waals surface area (Å²) in [5.41, 5.74) is 2.47. The molecule has 0 aromatic heterocycles. The van der Waals surface area contributed by atoms with Crippen molar-refractivity contribution < 1.29 is 4.79 Å². The van der Waals surface area contributed by atoms with Crippen molar-refractivity contribution in [2.24, 2.45) is 11.3 Å². The summed E-state index contributed by atoms with van der Waals surface area (Å²) in [6, 6.07) is 8.82. The first-order valence-electron chi connectivity index (χ1n) is 8.03. The van der Waals surface area contributed by atoms with Gasteiger partial charge in [-0.25, -0.2) is 0 Å². The summed E-state index contributed by atoms with van der Waals surface area (Å²) in [4.78, 5) is 11.4. The number of rotatable bonds is 9. The molecule has 0 N–H and O–H groups in total. The summed E-state index contributed by atoms with van der Waals surface area (Å²) in [6.07, 6.45) is 7.72. The molecule has 0 bridgehead atoms. The van der Waals surface area contributed by atoms with Gasteiger partial charge in [0.2, 0.25) is 0 Å². The standard InChI is InChI=1S/C19H30O/c1-5-6-7-12-19(4,15-20)14-18-10-8-17(9-11-18)13-16(2)3/h8-11,15-16H,5-7,12-14H2,1-4H3. The van der Waals surface area contributed by atoms with Crippen molar-refractivity contribution in [3.63, 3.8) is 0 Å². The minimum absolute atomic E-state index is 0.200. The first-order chi connectivity index (χ1) is 9.49. The molecule has 0 fully saturated rings. The van der Waals surface area contributed by atoms with E-state index in [9.17, 15) is 4.79 Å². The molecule has 1 atom stereocenters. The number of hydrogen-bond donors (Lipinski definition) is 0. The molecular formula is C19H30O. The lowest BCUT2D eigenvalue weighted by Gasteiger charge is -2.23. The number of carbonyl (C=O) groups is 1. The van der Waals surface area contributed by atoms with Gasteiger partial charge in [-0.1, -0.05) is 71.2 Å². The Morgan fingerprint density at radius 2 is 1.70 bits per heavy atom. The Morgan fingerprint density at radius 1 is 1.10 bits per heavy atom. The van der Waals surface area contributed by atoms with Crippen molar-refractivity contribution in [1.82, 2.24) is 0 Å². The van der Waals surface area contributed by atoms with Crippen LogP contribution in [0.2, 0.25) is 0 Å². The number of benzene rings is 1. The molecule has 1 heteroatoms. The quantitative estimate of drug-likeness (QED) is 0.446. The van der Waals surface area contributed by atoms with Crippen LogP contribution in [0.3, 0.4) is 0 Å². The van der Waals surface area contributed by atoms with Crippen molar-refractivity contribution in [2.45, 2.75) is 66.2 Å². The Hall–Kier alpha value is -1.11. The van der Waals surface area contributed by atoms with E-state index in [-0.39, 0.29) is 5.41 Å². The van der Waals surface area contributed by atoms with Gasteiger partial charge in [0.25, 0.3) is 0 Å². The Morgan fingerprint density at radius 3 is 2.20 bits per heavy atom. The fraction of sp³-hybridized carbons (Fsp3) is 0.632. The Balaban J connectivity index is 2.62. The van der Waals surface area contributed by atoms with Crippen LogP contribution >= 0.6 is 0 Å². The van der Waals surface area contributed by atoms with Crippen molar-refractivity contribution in [3.05, 3.63) is 35.4 Å². The summed E-state index contributed by atoms with van der Waals surface area (Å²) in [7, 11) is 0. The van der Waals surface area contributed by atoms with E-state index in [0.29, 0.717) is 5.92 Å². The molecule has 20 heavy (non-hydrogen) atoms. The van der Waals surface area contributed by atoms with E-state index in [1.165, 1.54) is 24.0 Å². The minimum atomic E-state index is -0.200. The van der Waals surface area contributed by atoms with Gasteiger partial charge >= 0.3 is 0 Å². The number of aldehydes is 1. The van der Waals surface area contributed by atoms with Crippen LogP contribution in [0, 0.1) is 11.3 Å². The molecule has 112 valence electrons. The van der Waals surface area contributed by atoms with Gasteiger partial charge in [0.1, 0.15) is 6.29 Å². The molecular weight excluding hydrogens is 244 g/mol. The van der Waals surface area contributed by atoms with Crippen LogP contribution in [-0.4, -0.2) is 6.29 Å². The zero-order valence-electron chi connectivity index (χ0n) is 13.6. The molecule has 0 saturated heterocycles. The Kier molecular flexibility index (Phi) is 6.98. The van der Waals surface area contributed by atoms with Gasteiger partial charge in [0, 0.05) is 5.41 Å². The molecule has 1 aromatic rings. The molecule has 0 amide bonds. The van der Waals surface area contributed by atoms with Crippen LogP contribution in [0.15, 0.2) is 24.3 Å². The van der Waals surface area contributed by atoms with E-state index in [1.807, 2.05) is 0 Å². The molecule has 1 nitrogen and oxygen atoms in total. The van der Waals surface area contributed by atoms with Crippen LogP contribution in [0.25, 0.3) is 0 Å². The van der Waals surface area contributed by atoms with Crippen molar-refractivity contribution >= 4 is 6.29 Å². The average molecular weight is 274 g/mol. The summed E-state index contributed by atoms with van der Waals surface area (Å²) in [5, 5.41) is 0. The highest BCUT2D eigenvalue weighted by Gasteiger charge is 2.23. The third-order valence-electron chi connectivity index (χ3n) is 3.91. The second-order valence-corrected chi connectivity index (χ2v) is 6.82. The fourth-order valence-electron chi connectivity index (χ4n) is 2.70. The van der Waals surface area contributed by atoms with Crippen molar-refractivity contribution in [2.75, 3.05) is 0 Å². The predicted molar refractivity (Wildman–Crippen MR) is 87.0 cm³/mol. The monoisotopic (exact) mass is 274 g/mol. The van der Waals surface area contributed by atoms with Crippen LogP contribution in [-0.2, 0) is 17.6 Å². The molecule has 1 rings (SSSR count). The lowest BCUT2D eigenvalue weighted by atomic mass is 9.80. The number of carbonyl (C=O) groups excluding carboxylic acids is 1. The highest BCUT2D eigenvalue weighted by Crippen LogP contribution is 2.27. The summed E-state index contributed by atoms with van der Waals surface area (Å²) in [5.74, 6) is 0.690. The second-order valence-electron chi connectivity index (χ2n) is 6.82. The highest BCUT2D eigenvalue weighted by atomic mass is 16.1. The van der Waals surface area contributed by atoms with Crippen molar-refractivity contribution in [1.29, 1.82) is 0 Å². The van der Waals surface area contributed by atoms with Gasteiger partial charge in [0.05, 0.1) is 0 Å². The topological polar surface area (TPSA) is 17.1 Å². The molecule has 1 unspecified atom stereocenters. The third kappa shape index (κ3) is 5.90. The van der Waals surface area contributed by atoms with Crippen LogP contribution < -0.4 is 0 Å². The maximum absolute atomic E-state index is 11.4. The molecule has 0 spiro atoms. The van der Waals surface area contributed by atoms with Gasteiger partial charge in [-0.05, 0) is 36.3 Å². The number of unbranched alkanes of at least 4 members (excludes halogenated alkanes) is 2. The molecule has 0 aliphatic heterocycles. The first-order valence-corrected chi connectivity index (χ1v) is 8.03.